The first kappa shape index (κ1) is 18.6. The van der Waals surface area contributed by atoms with Crippen molar-refractivity contribution in [2.24, 2.45) is 4.99 Å². The zero-order chi connectivity index (χ0) is 20.8. The summed E-state index contributed by atoms with van der Waals surface area (Å²) in [7, 11) is 1.69. The van der Waals surface area contributed by atoms with E-state index >= 15 is 0 Å². The normalized spacial score (nSPS) is 23.1. The third-order valence-electron chi connectivity index (χ3n) is 5.98. The molecule has 2 aromatic carbocycles. The van der Waals surface area contributed by atoms with Gasteiger partial charge in [-0.1, -0.05) is 30.3 Å². The Labute approximate surface area is 174 Å². The number of hydrogen-bond acceptors (Lipinski definition) is 5. The van der Waals surface area contributed by atoms with Crippen LogP contribution in [-0.2, 0) is 11.2 Å². The first-order chi connectivity index (χ1) is 14.5. The van der Waals surface area contributed by atoms with Gasteiger partial charge < -0.3 is 14.7 Å². The Kier molecular flexibility index (Phi) is 4.42. The monoisotopic (exact) mass is 407 g/mol. The Bertz CT molecular complexity index is 1010. The van der Waals surface area contributed by atoms with Gasteiger partial charge in [0.1, 0.15) is 5.82 Å². The lowest BCUT2D eigenvalue weighted by Gasteiger charge is -2.40. The molecule has 0 saturated carbocycles. The molecule has 3 aliphatic heterocycles. The lowest BCUT2D eigenvalue weighted by atomic mass is 10.1. The van der Waals surface area contributed by atoms with Gasteiger partial charge in [0.05, 0.1) is 0 Å². The highest BCUT2D eigenvalue weighted by Gasteiger charge is 2.54. The molecule has 154 valence electrons. The van der Waals surface area contributed by atoms with Gasteiger partial charge >= 0.3 is 6.03 Å². The minimum Gasteiger partial charge on any atom is -0.325 e. The number of aliphatic imine (C=N–C) groups is 1. The van der Waals surface area contributed by atoms with Crippen LogP contribution in [0.4, 0.5) is 14.9 Å². The number of urea groups is 1. The minimum atomic E-state index is -0.545. The molecule has 3 aliphatic rings. The number of rotatable bonds is 4. The molecule has 2 unspecified atom stereocenters. The molecule has 0 bridgehead atoms. The summed E-state index contributed by atoms with van der Waals surface area (Å²) in [5, 5.41) is 0. The SMILES string of the molecule is CN1C(=O)N(CCc2ccccc2)C(=O)C2C1N=C1N(c3ccc(F)cc3)CCN12. The second-order valence-corrected chi connectivity index (χ2v) is 7.73. The van der Waals surface area contributed by atoms with Crippen LogP contribution < -0.4 is 4.90 Å². The Balaban J connectivity index is 1.38. The molecule has 0 aliphatic carbocycles. The van der Waals surface area contributed by atoms with Crippen LogP contribution in [0.25, 0.3) is 0 Å². The minimum absolute atomic E-state index is 0.210. The molecule has 0 N–H and O–H groups in total. The maximum absolute atomic E-state index is 13.3. The third-order valence-corrected chi connectivity index (χ3v) is 5.98. The highest BCUT2D eigenvalue weighted by atomic mass is 19.1. The van der Waals surface area contributed by atoms with Crippen molar-refractivity contribution in [1.82, 2.24) is 14.7 Å². The molecule has 8 heteroatoms. The fourth-order valence-corrected chi connectivity index (χ4v) is 4.39. The standard InChI is InChI=1S/C22H22FN5O2/c1-25-19-18(20(29)28(22(25)30)12-11-15-5-3-2-4-6-15)27-14-13-26(21(27)24-19)17-9-7-16(23)8-10-17/h2-10,18-19H,11-14H2,1H3. The van der Waals surface area contributed by atoms with E-state index in [0.29, 0.717) is 32.0 Å². The molecule has 2 aromatic rings. The fraction of sp³-hybridized carbons (Fsp3) is 0.318. The zero-order valence-electron chi connectivity index (χ0n) is 16.6. The van der Waals surface area contributed by atoms with Gasteiger partial charge in [0.25, 0.3) is 5.91 Å². The van der Waals surface area contributed by atoms with Crippen molar-refractivity contribution >= 4 is 23.6 Å². The van der Waals surface area contributed by atoms with Crippen molar-refractivity contribution in [2.75, 3.05) is 31.6 Å². The van der Waals surface area contributed by atoms with Crippen LogP contribution in [0.3, 0.4) is 0 Å². The van der Waals surface area contributed by atoms with Gasteiger partial charge in [0, 0.05) is 32.4 Å². The van der Waals surface area contributed by atoms with Gasteiger partial charge in [-0.05, 0) is 36.2 Å². The molecule has 2 fully saturated rings. The van der Waals surface area contributed by atoms with Crippen molar-refractivity contribution < 1.29 is 14.0 Å². The molecular formula is C22H22FN5O2. The molecule has 2 saturated heterocycles. The number of likely N-dealkylation sites (N-methyl/N-ethyl adjacent to an activating group) is 1. The second-order valence-electron chi connectivity index (χ2n) is 7.73. The van der Waals surface area contributed by atoms with E-state index < -0.39 is 12.2 Å². The number of amides is 3. The largest absolute Gasteiger partial charge is 0.328 e. The summed E-state index contributed by atoms with van der Waals surface area (Å²) in [4.78, 5) is 37.7. The maximum atomic E-state index is 13.3. The van der Waals surface area contributed by atoms with Crippen molar-refractivity contribution in [2.45, 2.75) is 18.6 Å². The zero-order valence-corrected chi connectivity index (χ0v) is 16.6. The number of benzene rings is 2. The number of anilines is 1. The van der Waals surface area contributed by atoms with Crippen LogP contribution in [0.5, 0.6) is 0 Å². The molecule has 7 nitrogen and oxygen atoms in total. The molecular weight excluding hydrogens is 385 g/mol. The number of halogens is 1. The smallest absolute Gasteiger partial charge is 0.325 e. The first-order valence-corrected chi connectivity index (χ1v) is 10.0. The molecule has 30 heavy (non-hydrogen) atoms. The van der Waals surface area contributed by atoms with E-state index in [2.05, 4.69) is 0 Å². The summed E-state index contributed by atoms with van der Waals surface area (Å²) in [6, 6.07) is 15.2. The lowest BCUT2D eigenvalue weighted by molar-refractivity contribution is -0.137. The lowest BCUT2D eigenvalue weighted by Crippen LogP contribution is -2.65. The third kappa shape index (κ3) is 2.91. The van der Waals surface area contributed by atoms with Gasteiger partial charge in [-0.15, -0.1) is 0 Å². The summed E-state index contributed by atoms with van der Waals surface area (Å²) in [6.07, 6.45) is 0.0649. The average Bonchev–Trinajstić information content (AvgIpc) is 3.33. The van der Waals surface area contributed by atoms with E-state index in [9.17, 15) is 14.0 Å². The summed E-state index contributed by atoms with van der Waals surface area (Å²) in [5.41, 5.74) is 1.90. The predicted octanol–water partition coefficient (Wildman–Crippen LogP) is 2.15. The van der Waals surface area contributed by atoms with Crippen LogP contribution in [0.1, 0.15) is 5.56 Å². The summed E-state index contributed by atoms with van der Waals surface area (Å²) in [6.45, 7) is 1.61. The van der Waals surface area contributed by atoms with Gasteiger partial charge in [-0.25, -0.2) is 14.2 Å². The topological polar surface area (TPSA) is 59.5 Å². The first-order valence-electron chi connectivity index (χ1n) is 10.0. The second kappa shape index (κ2) is 7.12. The number of carbonyl (C=O) groups excluding carboxylic acids is 2. The van der Waals surface area contributed by atoms with E-state index in [1.54, 1.807) is 24.1 Å². The number of guanidine groups is 1. The van der Waals surface area contributed by atoms with E-state index in [4.69, 9.17) is 4.99 Å². The van der Waals surface area contributed by atoms with Crippen LogP contribution >= 0.6 is 0 Å². The van der Waals surface area contributed by atoms with E-state index in [1.807, 2.05) is 40.1 Å². The van der Waals surface area contributed by atoms with E-state index in [-0.39, 0.29) is 17.8 Å². The quantitative estimate of drug-likeness (QED) is 0.779. The highest BCUT2D eigenvalue weighted by molar-refractivity contribution is 6.07. The average molecular weight is 407 g/mol. The van der Waals surface area contributed by atoms with E-state index in [1.165, 1.54) is 17.0 Å². The van der Waals surface area contributed by atoms with Gasteiger partial charge in [0.2, 0.25) is 5.96 Å². The Morgan fingerprint density at radius 1 is 1.03 bits per heavy atom. The van der Waals surface area contributed by atoms with Gasteiger partial charge in [-0.2, -0.15) is 0 Å². The number of fused-ring (bicyclic) bond motifs is 3. The van der Waals surface area contributed by atoms with Crippen molar-refractivity contribution in [3.05, 3.63) is 66.0 Å². The van der Waals surface area contributed by atoms with Crippen LogP contribution in [0.15, 0.2) is 59.6 Å². The Morgan fingerprint density at radius 2 is 1.77 bits per heavy atom. The van der Waals surface area contributed by atoms with Crippen molar-refractivity contribution in [1.29, 1.82) is 0 Å². The van der Waals surface area contributed by atoms with Gasteiger partial charge in [-0.3, -0.25) is 9.69 Å². The maximum Gasteiger partial charge on any atom is 0.328 e. The summed E-state index contributed by atoms with van der Waals surface area (Å²) < 4.78 is 13.3. The molecule has 3 amide bonds. The van der Waals surface area contributed by atoms with Crippen molar-refractivity contribution in [3.63, 3.8) is 0 Å². The fourth-order valence-electron chi connectivity index (χ4n) is 4.39. The molecule has 2 atom stereocenters. The predicted molar refractivity (Wildman–Crippen MR) is 110 cm³/mol. The molecule has 5 rings (SSSR count). The molecule has 3 heterocycles. The van der Waals surface area contributed by atoms with E-state index in [0.717, 1.165) is 11.3 Å². The number of carbonyl (C=O) groups is 2. The summed E-state index contributed by atoms with van der Waals surface area (Å²) >= 11 is 0. The highest BCUT2D eigenvalue weighted by Crippen LogP contribution is 2.33. The number of imide groups is 1. The Morgan fingerprint density at radius 3 is 2.50 bits per heavy atom. The van der Waals surface area contributed by atoms with Gasteiger partial charge in [0.15, 0.2) is 12.2 Å². The van der Waals surface area contributed by atoms with Crippen LogP contribution in [-0.4, -0.2) is 71.5 Å². The van der Waals surface area contributed by atoms with Crippen LogP contribution in [0.2, 0.25) is 0 Å². The number of hydrogen-bond donors (Lipinski definition) is 0. The van der Waals surface area contributed by atoms with Crippen molar-refractivity contribution in [3.8, 4) is 0 Å². The Hall–Kier alpha value is -3.42. The number of nitrogens with zero attached hydrogens (tertiary/aromatic N) is 5. The molecule has 0 radical (unpaired) electrons. The van der Waals surface area contributed by atoms with Crippen LogP contribution in [0, 0.1) is 5.82 Å². The molecule has 0 spiro atoms. The molecule has 0 aromatic heterocycles. The summed E-state index contributed by atoms with van der Waals surface area (Å²) in [5.74, 6) is 0.152.